The van der Waals surface area contributed by atoms with Crippen LogP contribution in [0.1, 0.15) is 5.01 Å². The maximum atomic E-state index is 10.3. The van der Waals surface area contributed by atoms with Crippen molar-refractivity contribution in [3.8, 4) is 0 Å². The van der Waals surface area contributed by atoms with Gasteiger partial charge in [0.05, 0.1) is 0 Å². The number of rotatable bonds is 2. The molecule has 1 amide bonds. The molecule has 3 nitrogen and oxygen atoms in total. The maximum Gasteiger partial charge on any atom is 0.228 e. The fraction of sp³-hybridized carbons (Fsp3) is 0. The summed E-state index contributed by atoms with van der Waals surface area (Å²) in [6, 6.07) is 0. The number of aromatic nitrogens is 1. The lowest BCUT2D eigenvalue weighted by atomic mass is 10.4. The summed E-state index contributed by atoms with van der Waals surface area (Å²) >= 11 is 4.51. The van der Waals surface area contributed by atoms with Gasteiger partial charge in [0.25, 0.3) is 0 Å². The van der Waals surface area contributed by atoms with Crippen LogP contribution in [0, 0.1) is 6.42 Å². The first-order chi connectivity index (χ1) is 4.68. The topological polar surface area (TPSA) is 56.0 Å². The van der Waals surface area contributed by atoms with Crippen LogP contribution < -0.4 is 5.73 Å². The number of primary amides is 1. The van der Waals surface area contributed by atoms with E-state index in [-0.39, 0.29) is 0 Å². The van der Waals surface area contributed by atoms with Gasteiger partial charge in [0, 0.05) is 5.38 Å². The Morgan fingerprint density at radius 3 is 3.00 bits per heavy atom. The van der Waals surface area contributed by atoms with E-state index in [0.717, 1.165) is 4.60 Å². The number of halogens is 1. The van der Waals surface area contributed by atoms with E-state index in [1.807, 2.05) is 0 Å². The second-order valence-electron chi connectivity index (χ2n) is 1.56. The van der Waals surface area contributed by atoms with E-state index in [9.17, 15) is 4.79 Å². The van der Waals surface area contributed by atoms with Crippen molar-refractivity contribution in [1.29, 1.82) is 0 Å². The van der Waals surface area contributed by atoms with Crippen LogP contribution in [0.25, 0.3) is 0 Å². The lowest BCUT2D eigenvalue weighted by molar-refractivity contribution is -0.114. The van der Waals surface area contributed by atoms with Gasteiger partial charge in [-0.3, -0.25) is 4.79 Å². The molecule has 0 aliphatic rings. The third-order valence-corrected chi connectivity index (χ3v) is 2.26. The molecule has 53 valence electrons. The lowest BCUT2D eigenvalue weighted by Crippen LogP contribution is -2.10. The zero-order valence-corrected chi connectivity index (χ0v) is 7.28. The molecule has 10 heavy (non-hydrogen) atoms. The Morgan fingerprint density at radius 1 is 1.90 bits per heavy atom. The standard InChI is InChI=1S/C5H4BrN2OS/c6-3-2-10-5(8-3)1-4(7)9/h1-2H,(H2,7,9). The van der Waals surface area contributed by atoms with E-state index >= 15 is 0 Å². The first kappa shape index (κ1) is 7.68. The minimum atomic E-state index is -0.471. The van der Waals surface area contributed by atoms with Gasteiger partial charge in [-0.05, 0) is 15.9 Å². The third-order valence-electron chi connectivity index (χ3n) is 0.760. The molecule has 0 spiro atoms. The number of hydrogen-bond donors (Lipinski definition) is 1. The van der Waals surface area contributed by atoms with Gasteiger partial charge in [0.1, 0.15) is 16.0 Å². The predicted molar refractivity (Wildman–Crippen MR) is 42.4 cm³/mol. The first-order valence-electron chi connectivity index (χ1n) is 2.43. The van der Waals surface area contributed by atoms with Gasteiger partial charge in [-0.25, -0.2) is 4.98 Å². The van der Waals surface area contributed by atoms with E-state index in [1.54, 1.807) is 5.38 Å². The highest BCUT2D eigenvalue weighted by Crippen LogP contribution is 2.15. The second kappa shape index (κ2) is 3.12. The van der Waals surface area contributed by atoms with Gasteiger partial charge in [-0.1, -0.05) is 0 Å². The molecule has 0 bridgehead atoms. The average Bonchev–Trinajstić information content (AvgIpc) is 2.13. The van der Waals surface area contributed by atoms with Crippen molar-refractivity contribution in [2.45, 2.75) is 0 Å². The summed E-state index contributed by atoms with van der Waals surface area (Å²) in [5.74, 6) is -0.471. The van der Waals surface area contributed by atoms with Crippen molar-refractivity contribution in [2.24, 2.45) is 5.73 Å². The van der Waals surface area contributed by atoms with Crippen LogP contribution >= 0.6 is 27.3 Å². The number of carbonyl (C=O) groups is 1. The molecule has 1 heterocycles. The molecule has 1 radical (unpaired) electrons. The number of nitrogens with two attached hydrogens (primary N) is 1. The number of carbonyl (C=O) groups excluding carboxylic acids is 1. The molecule has 2 N–H and O–H groups in total. The van der Waals surface area contributed by atoms with E-state index in [2.05, 4.69) is 20.9 Å². The molecular formula is C5H4BrN2OS. The van der Waals surface area contributed by atoms with Gasteiger partial charge in [-0.15, -0.1) is 11.3 Å². The van der Waals surface area contributed by atoms with Crippen LogP contribution in [0.3, 0.4) is 0 Å². The summed E-state index contributed by atoms with van der Waals surface area (Å²) < 4.78 is 0.727. The van der Waals surface area contributed by atoms with E-state index in [4.69, 9.17) is 5.73 Å². The summed E-state index contributed by atoms with van der Waals surface area (Å²) in [5, 5.41) is 2.41. The summed E-state index contributed by atoms with van der Waals surface area (Å²) in [4.78, 5) is 14.2. The lowest BCUT2D eigenvalue weighted by Gasteiger charge is -1.84. The summed E-state index contributed by atoms with van der Waals surface area (Å²) in [6.45, 7) is 0. The third kappa shape index (κ3) is 2.07. The molecule has 0 fully saturated rings. The van der Waals surface area contributed by atoms with Crippen molar-refractivity contribution in [3.05, 3.63) is 21.4 Å². The monoisotopic (exact) mass is 219 g/mol. The normalized spacial score (nSPS) is 9.70. The molecular weight excluding hydrogens is 216 g/mol. The summed E-state index contributed by atoms with van der Waals surface area (Å²) in [5.41, 5.74) is 4.89. The molecule has 1 aromatic heterocycles. The summed E-state index contributed by atoms with van der Waals surface area (Å²) in [7, 11) is 0. The molecule has 1 aromatic rings. The van der Waals surface area contributed by atoms with Gasteiger partial charge < -0.3 is 5.73 Å². The van der Waals surface area contributed by atoms with Crippen LogP contribution in [0.15, 0.2) is 9.98 Å². The van der Waals surface area contributed by atoms with Gasteiger partial charge >= 0.3 is 0 Å². The number of thiazole rings is 1. The van der Waals surface area contributed by atoms with E-state index in [0.29, 0.717) is 5.01 Å². The van der Waals surface area contributed by atoms with Gasteiger partial charge in [0.15, 0.2) is 0 Å². The first-order valence-corrected chi connectivity index (χ1v) is 4.11. The zero-order valence-electron chi connectivity index (χ0n) is 4.87. The van der Waals surface area contributed by atoms with Crippen molar-refractivity contribution < 1.29 is 4.79 Å². The number of amides is 1. The summed E-state index contributed by atoms with van der Waals surface area (Å²) in [6.07, 6.45) is 1.29. The maximum absolute atomic E-state index is 10.3. The number of hydrogen-bond acceptors (Lipinski definition) is 3. The molecule has 1 rings (SSSR count). The Balaban J connectivity index is 2.67. The second-order valence-corrected chi connectivity index (χ2v) is 3.26. The van der Waals surface area contributed by atoms with E-state index in [1.165, 1.54) is 17.8 Å². The average molecular weight is 220 g/mol. The zero-order chi connectivity index (χ0) is 7.56. The molecule has 0 saturated heterocycles. The van der Waals surface area contributed by atoms with Crippen molar-refractivity contribution in [2.75, 3.05) is 0 Å². The molecule has 0 atom stereocenters. The van der Waals surface area contributed by atoms with Crippen LogP contribution in [-0.2, 0) is 4.79 Å². The molecule has 0 aliphatic carbocycles. The Morgan fingerprint density at radius 2 is 2.60 bits per heavy atom. The molecule has 0 unspecified atom stereocenters. The van der Waals surface area contributed by atoms with Crippen molar-refractivity contribution >= 4 is 33.2 Å². The van der Waals surface area contributed by atoms with Crippen molar-refractivity contribution in [3.63, 3.8) is 0 Å². The molecule has 5 heteroatoms. The van der Waals surface area contributed by atoms with Gasteiger partial charge in [-0.2, -0.15) is 0 Å². The fourth-order valence-electron chi connectivity index (χ4n) is 0.455. The van der Waals surface area contributed by atoms with Gasteiger partial charge in [0.2, 0.25) is 5.91 Å². The fourth-order valence-corrected chi connectivity index (χ4v) is 1.65. The Bertz CT molecular complexity index is 248. The smallest absolute Gasteiger partial charge is 0.228 e. The Labute approximate surface area is 70.4 Å². The molecule has 0 aliphatic heterocycles. The number of nitrogens with zero attached hydrogens (tertiary/aromatic N) is 1. The van der Waals surface area contributed by atoms with Crippen LogP contribution in [0.2, 0.25) is 0 Å². The van der Waals surface area contributed by atoms with Crippen LogP contribution in [0.5, 0.6) is 0 Å². The highest BCUT2D eigenvalue weighted by molar-refractivity contribution is 9.10. The van der Waals surface area contributed by atoms with Crippen molar-refractivity contribution in [1.82, 2.24) is 4.98 Å². The Kier molecular flexibility index (Phi) is 2.39. The predicted octanol–water partition coefficient (Wildman–Crippen LogP) is 0.943. The van der Waals surface area contributed by atoms with Crippen LogP contribution in [-0.4, -0.2) is 10.9 Å². The molecule has 0 saturated carbocycles. The SMILES string of the molecule is NC(=O)[CH]c1nc(Br)cs1. The highest BCUT2D eigenvalue weighted by atomic mass is 79.9. The quantitative estimate of drug-likeness (QED) is 0.806. The van der Waals surface area contributed by atoms with Crippen LogP contribution in [0.4, 0.5) is 0 Å². The minimum Gasteiger partial charge on any atom is -0.369 e. The highest BCUT2D eigenvalue weighted by Gasteiger charge is 2.02. The Hall–Kier alpha value is -0.420. The molecule has 0 aromatic carbocycles. The minimum absolute atomic E-state index is 0.471. The largest absolute Gasteiger partial charge is 0.369 e. The van der Waals surface area contributed by atoms with E-state index < -0.39 is 5.91 Å².